The molecule has 0 radical (unpaired) electrons. The van der Waals surface area contributed by atoms with Crippen molar-refractivity contribution in [1.29, 1.82) is 5.26 Å². The fourth-order valence-electron chi connectivity index (χ4n) is 6.19. The van der Waals surface area contributed by atoms with Crippen LogP contribution in [0.5, 0.6) is 6.01 Å². The average Bonchev–Trinajstić information content (AvgIpc) is 3.72. The standard InChI is InChI=1S/C31H37F3N8O2S/c1-2-3-7-42(8-6-35)29-20-15-38-25(18-13-21(32)23(33)27-22(18)19(14-36)28(37)45-27)24(34)26(20)39-30(40-29)44-17-31(4-5-31)16-41-9-11-43-12-10-41/h13,15,22,27H,2-12,16-17,35,37H2,1H3. The molecule has 4 N–H and O–H groups in total. The van der Waals surface area contributed by atoms with Crippen LogP contribution in [0.15, 0.2) is 34.5 Å². The van der Waals surface area contributed by atoms with Crippen molar-refractivity contribution < 1.29 is 22.6 Å². The highest BCUT2D eigenvalue weighted by atomic mass is 32.2. The molecule has 2 aromatic rings. The third kappa shape index (κ3) is 6.23. The molecule has 1 saturated carbocycles. The zero-order valence-electron chi connectivity index (χ0n) is 25.2. The normalized spacial score (nSPS) is 22.8. The van der Waals surface area contributed by atoms with Crippen LogP contribution in [0.25, 0.3) is 16.5 Å². The Morgan fingerprint density at radius 3 is 2.69 bits per heavy atom. The van der Waals surface area contributed by atoms with Gasteiger partial charge >= 0.3 is 6.01 Å². The average molecular weight is 643 g/mol. The number of nitrogens with two attached hydrogens (primary N) is 2. The van der Waals surface area contributed by atoms with Gasteiger partial charge in [0.05, 0.1) is 47.1 Å². The Labute approximate surface area is 264 Å². The van der Waals surface area contributed by atoms with Gasteiger partial charge in [0.15, 0.2) is 11.6 Å². The number of hydrogen-bond donors (Lipinski definition) is 2. The molecular formula is C31H37F3N8O2S. The lowest BCUT2D eigenvalue weighted by Crippen LogP contribution is -2.41. The van der Waals surface area contributed by atoms with Gasteiger partial charge in [-0.3, -0.25) is 9.88 Å². The van der Waals surface area contributed by atoms with Gasteiger partial charge in [0, 0.05) is 56.8 Å². The van der Waals surface area contributed by atoms with Gasteiger partial charge in [-0.25, -0.2) is 13.2 Å². The van der Waals surface area contributed by atoms with Crippen LogP contribution < -0.4 is 21.1 Å². The Hall–Kier alpha value is -3.38. The summed E-state index contributed by atoms with van der Waals surface area (Å²) in [6, 6.07) is 2.01. The Bertz CT molecular complexity index is 1600. The van der Waals surface area contributed by atoms with Crippen molar-refractivity contribution >= 4 is 34.1 Å². The molecule has 0 bridgehead atoms. The lowest BCUT2D eigenvalue weighted by atomic mass is 9.82. The van der Waals surface area contributed by atoms with Crippen LogP contribution in [0.3, 0.4) is 0 Å². The summed E-state index contributed by atoms with van der Waals surface area (Å²) in [6.45, 7) is 7.91. The van der Waals surface area contributed by atoms with Gasteiger partial charge < -0.3 is 25.8 Å². The summed E-state index contributed by atoms with van der Waals surface area (Å²) >= 11 is 0.847. The Morgan fingerprint density at radius 2 is 2.00 bits per heavy atom. The summed E-state index contributed by atoms with van der Waals surface area (Å²) in [7, 11) is 0. The van der Waals surface area contributed by atoms with Crippen LogP contribution in [-0.4, -0.2) is 84.2 Å². The second kappa shape index (κ2) is 13.2. The van der Waals surface area contributed by atoms with E-state index in [-0.39, 0.29) is 38.8 Å². The Kier molecular flexibility index (Phi) is 9.24. The van der Waals surface area contributed by atoms with E-state index < -0.39 is 28.6 Å². The molecule has 4 aliphatic rings. The first-order valence-electron chi connectivity index (χ1n) is 15.4. The number of aromatic nitrogens is 3. The van der Waals surface area contributed by atoms with Crippen molar-refractivity contribution in [3.05, 3.63) is 46.0 Å². The smallest absolute Gasteiger partial charge is 0.319 e. The number of nitriles is 1. The number of hydrogen-bond acceptors (Lipinski definition) is 11. The number of pyridine rings is 1. The summed E-state index contributed by atoms with van der Waals surface area (Å²) in [6.07, 6.45) is 6.13. The Balaban J connectivity index is 1.40. The zero-order valence-corrected chi connectivity index (χ0v) is 26.0. The van der Waals surface area contributed by atoms with Crippen molar-refractivity contribution in [2.24, 2.45) is 22.8 Å². The highest BCUT2D eigenvalue weighted by Gasteiger charge is 2.46. The molecule has 2 fully saturated rings. The van der Waals surface area contributed by atoms with Gasteiger partial charge in [-0.15, -0.1) is 0 Å². The van der Waals surface area contributed by atoms with E-state index in [1.807, 2.05) is 11.0 Å². The topological polar surface area (TPSA) is 139 Å². The molecule has 0 aromatic carbocycles. The summed E-state index contributed by atoms with van der Waals surface area (Å²) in [5.41, 5.74) is 11.7. The third-order valence-corrected chi connectivity index (χ3v) is 10.1. The highest BCUT2D eigenvalue weighted by Crippen LogP contribution is 2.53. The van der Waals surface area contributed by atoms with E-state index in [2.05, 4.69) is 21.8 Å². The molecule has 4 heterocycles. The SMILES string of the molecule is CCCCN(CCN)c1nc(OCC2(CN3CCOCC3)CC2)nc2c(F)c(C3=CC(F)=C(F)C4SC(N)=C(C#N)C34)ncc12. The number of morpholine rings is 1. The number of nitrogens with zero attached hydrogens (tertiary/aromatic N) is 6. The van der Waals surface area contributed by atoms with Gasteiger partial charge in [0.1, 0.15) is 22.9 Å². The van der Waals surface area contributed by atoms with Crippen molar-refractivity contribution in [3.63, 3.8) is 0 Å². The van der Waals surface area contributed by atoms with E-state index in [0.29, 0.717) is 50.7 Å². The molecule has 2 unspecified atom stereocenters. The number of unbranched alkanes of at least 4 members (excludes halogenated alkanes) is 1. The first kappa shape index (κ1) is 31.6. The lowest BCUT2D eigenvalue weighted by molar-refractivity contribution is 0.0231. The monoisotopic (exact) mass is 642 g/mol. The largest absolute Gasteiger partial charge is 0.463 e. The van der Waals surface area contributed by atoms with Crippen LogP contribution in [0.4, 0.5) is 19.0 Å². The van der Waals surface area contributed by atoms with Crippen LogP contribution >= 0.6 is 11.8 Å². The second-order valence-corrected chi connectivity index (χ2v) is 13.2. The zero-order chi connectivity index (χ0) is 31.7. The molecule has 0 amide bonds. The minimum Gasteiger partial charge on any atom is -0.463 e. The van der Waals surface area contributed by atoms with Crippen LogP contribution in [0.2, 0.25) is 0 Å². The van der Waals surface area contributed by atoms with E-state index >= 15 is 4.39 Å². The van der Waals surface area contributed by atoms with E-state index in [0.717, 1.165) is 63.2 Å². The van der Waals surface area contributed by atoms with Gasteiger partial charge in [0.25, 0.3) is 0 Å². The molecule has 2 aliphatic heterocycles. The molecule has 240 valence electrons. The maximum absolute atomic E-state index is 16.6. The summed E-state index contributed by atoms with van der Waals surface area (Å²) in [5.74, 6) is -3.59. The number of rotatable bonds is 12. The van der Waals surface area contributed by atoms with E-state index in [9.17, 15) is 14.0 Å². The summed E-state index contributed by atoms with van der Waals surface area (Å²) < 4.78 is 58.0. The molecule has 14 heteroatoms. The maximum Gasteiger partial charge on any atom is 0.319 e. The first-order valence-corrected chi connectivity index (χ1v) is 16.2. The van der Waals surface area contributed by atoms with Gasteiger partial charge in [-0.05, 0) is 30.9 Å². The van der Waals surface area contributed by atoms with Gasteiger partial charge in [-0.1, -0.05) is 25.1 Å². The van der Waals surface area contributed by atoms with Gasteiger partial charge in [-0.2, -0.15) is 15.2 Å². The molecule has 0 spiro atoms. The number of anilines is 1. The molecule has 10 nitrogen and oxygen atoms in total. The molecule has 45 heavy (non-hydrogen) atoms. The van der Waals surface area contributed by atoms with Crippen LogP contribution in [0.1, 0.15) is 38.3 Å². The highest BCUT2D eigenvalue weighted by molar-refractivity contribution is 8.04. The number of halogens is 3. The fraction of sp³-hybridized carbons (Fsp3) is 0.548. The second-order valence-electron chi connectivity index (χ2n) is 12.0. The predicted molar refractivity (Wildman–Crippen MR) is 167 cm³/mol. The van der Waals surface area contributed by atoms with E-state index in [1.165, 1.54) is 6.20 Å². The van der Waals surface area contributed by atoms with Crippen LogP contribution in [0, 0.1) is 28.5 Å². The molecule has 2 atom stereocenters. The molecule has 1 saturated heterocycles. The van der Waals surface area contributed by atoms with Crippen molar-refractivity contribution in [2.45, 2.75) is 37.9 Å². The van der Waals surface area contributed by atoms with Crippen molar-refractivity contribution in [1.82, 2.24) is 19.9 Å². The van der Waals surface area contributed by atoms with Crippen molar-refractivity contribution in [2.75, 3.05) is 64.0 Å². The first-order chi connectivity index (χ1) is 21.8. The maximum atomic E-state index is 16.6. The molecule has 6 rings (SSSR count). The summed E-state index contributed by atoms with van der Waals surface area (Å²) in [4.78, 5) is 18.0. The fourth-order valence-corrected chi connectivity index (χ4v) is 7.40. The quantitative estimate of drug-likeness (QED) is 0.345. The van der Waals surface area contributed by atoms with Crippen molar-refractivity contribution in [3.8, 4) is 12.1 Å². The molecule has 2 aromatic heterocycles. The molecule has 2 aliphatic carbocycles. The summed E-state index contributed by atoms with van der Waals surface area (Å²) in [5, 5.41) is 9.08. The van der Waals surface area contributed by atoms with E-state index in [4.69, 9.17) is 25.9 Å². The van der Waals surface area contributed by atoms with Crippen LogP contribution in [-0.2, 0) is 4.74 Å². The third-order valence-electron chi connectivity index (χ3n) is 8.87. The lowest BCUT2D eigenvalue weighted by Gasteiger charge is -2.30. The van der Waals surface area contributed by atoms with Gasteiger partial charge in [0.2, 0.25) is 0 Å². The van der Waals surface area contributed by atoms with E-state index in [1.54, 1.807) is 0 Å². The minimum atomic E-state index is -1.15. The molecular weight excluding hydrogens is 605 g/mol. The number of fused-ring (bicyclic) bond motifs is 2. The predicted octanol–water partition coefficient (Wildman–Crippen LogP) is 4.19. The Morgan fingerprint density at radius 1 is 1.22 bits per heavy atom. The number of allylic oxidation sites excluding steroid dienone is 4. The number of thioether (sulfide) groups is 1. The number of ether oxygens (including phenoxy) is 2. The minimum absolute atomic E-state index is 0.0196.